The molecule has 0 saturated carbocycles. The molecule has 0 spiro atoms. The third kappa shape index (κ3) is 3.32. The van der Waals surface area contributed by atoms with Gasteiger partial charge >= 0.3 is 0 Å². The topological polar surface area (TPSA) is 89.3 Å². The van der Waals surface area contributed by atoms with Crippen molar-refractivity contribution in [2.24, 2.45) is 5.73 Å². The Morgan fingerprint density at radius 2 is 2.19 bits per heavy atom. The Kier molecular flexibility index (Phi) is 4.03. The second-order valence-corrected chi connectivity index (χ2v) is 5.24. The first-order chi connectivity index (χ1) is 7.48. The number of benzene rings is 1. The summed E-state index contributed by atoms with van der Waals surface area (Å²) in [5.41, 5.74) is 6.37. The predicted octanol–water partition coefficient (Wildman–Crippen LogP) is 0.558. The normalized spacial score (nSPS) is 13.1. The lowest BCUT2D eigenvalue weighted by Gasteiger charge is -2.08. The molecule has 16 heavy (non-hydrogen) atoms. The van der Waals surface area contributed by atoms with Crippen molar-refractivity contribution in [3.05, 3.63) is 29.8 Å². The Balaban J connectivity index is 2.95. The molecule has 87 valence electrons. The first-order valence-electron chi connectivity index (χ1n) is 4.72. The van der Waals surface area contributed by atoms with Gasteiger partial charge in [-0.2, -0.15) is 0 Å². The number of nitrogens with two attached hydrogens (primary N) is 1. The number of sulfonamides is 1. The monoisotopic (exact) mass is 241 g/mol. The van der Waals surface area contributed by atoms with Gasteiger partial charge in [0.25, 0.3) is 0 Å². The lowest BCUT2D eigenvalue weighted by Crippen LogP contribution is -2.16. The molecule has 0 aliphatic heterocycles. The van der Waals surface area contributed by atoms with Crippen LogP contribution < -0.4 is 10.5 Å². The molecule has 0 fully saturated rings. The second kappa shape index (κ2) is 5.09. The summed E-state index contributed by atoms with van der Waals surface area (Å²) in [6.45, 7) is 1.54. The van der Waals surface area contributed by atoms with Crippen LogP contribution in [0.1, 0.15) is 18.5 Å². The summed E-state index contributed by atoms with van der Waals surface area (Å²) in [4.78, 5) is 10.4. The van der Waals surface area contributed by atoms with Crippen LogP contribution in [0.3, 0.4) is 0 Å². The molecule has 3 N–H and O–H groups in total. The SMILES string of the molecule is CCS(=O)(=O)Nc1cccc(C(N)[C]=O)c1. The van der Waals surface area contributed by atoms with Crippen LogP contribution in [-0.2, 0) is 14.8 Å². The maximum atomic E-state index is 11.3. The van der Waals surface area contributed by atoms with Gasteiger partial charge in [-0.05, 0) is 24.6 Å². The van der Waals surface area contributed by atoms with Gasteiger partial charge in [-0.3, -0.25) is 9.52 Å². The fraction of sp³-hybridized carbons (Fsp3) is 0.300. The second-order valence-electron chi connectivity index (χ2n) is 3.23. The van der Waals surface area contributed by atoms with Crippen molar-refractivity contribution in [2.45, 2.75) is 13.0 Å². The summed E-state index contributed by atoms with van der Waals surface area (Å²) in [5, 5.41) is 0. The van der Waals surface area contributed by atoms with E-state index < -0.39 is 16.1 Å². The highest BCUT2D eigenvalue weighted by Gasteiger charge is 2.09. The zero-order valence-corrected chi connectivity index (χ0v) is 9.62. The van der Waals surface area contributed by atoms with Gasteiger partial charge in [0.15, 0.2) is 0 Å². The molecule has 0 saturated heterocycles. The molecule has 5 nitrogen and oxygen atoms in total. The van der Waals surface area contributed by atoms with E-state index in [1.54, 1.807) is 24.5 Å². The first-order valence-corrected chi connectivity index (χ1v) is 6.37. The van der Waals surface area contributed by atoms with Crippen molar-refractivity contribution in [1.82, 2.24) is 0 Å². The maximum absolute atomic E-state index is 11.3. The van der Waals surface area contributed by atoms with Crippen LogP contribution >= 0.6 is 0 Å². The number of carbonyl (C=O) groups excluding carboxylic acids is 1. The minimum absolute atomic E-state index is 0.0108. The summed E-state index contributed by atoms with van der Waals surface area (Å²) in [7, 11) is -3.31. The molecule has 1 radical (unpaired) electrons. The lowest BCUT2D eigenvalue weighted by molar-refractivity contribution is 0.544. The van der Waals surface area contributed by atoms with E-state index in [-0.39, 0.29) is 5.75 Å². The fourth-order valence-corrected chi connectivity index (χ4v) is 1.75. The molecule has 0 aliphatic carbocycles. The van der Waals surface area contributed by atoms with Gasteiger partial charge in [-0.1, -0.05) is 12.1 Å². The molecular formula is C10H13N2O3S. The number of hydrogen-bond acceptors (Lipinski definition) is 4. The van der Waals surface area contributed by atoms with Gasteiger partial charge < -0.3 is 5.73 Å². The van der Waals surface area contributed by atoms with Gasteiger partial charge in [0.1, 0.15) is 0 Å². The molecule has 6 heteroatoms. The highest BCUT2D eigenvalue weighted by atomic mass is 32.2. The van der Waals surface area contributed by atoms with E-state index in [0.717, 1.165) is 0 Å². The average Bonchev–Trinajstić information content (AvgIpc) is 2.28. The Bertz CT molecular complexity index is 471. The van der Waals surface area contributed by atoms with Gasteiger partial charge in [0.05, 0.1) is 11.8 Å². The fourth-order valence-electron chi connectivity index (χ4n) is 1.12. The van der Waals surface area contributed by atoms with Gasteiger partial charge in [0, 0.05) is 5.69 Å². The zero-order chi connectivity index (χ0) is 12.2. The smallest absolute Gasteiger partial charge is 0.232 e. The van der Waals surface area contributed by atoms with Crippen molar-refractivity contribution in [3.8, 4) is 0 Å². The minimum Gasteiger partial charge on any atom is -0.317 e. The molecule has 1 aromatic rings. The number of nitrogens with one attached hydrogen (secondary N) is 1. The molecule has 0 aliphatic rings. The summed E-state index contributed by atoms with van der Waals surface area (Å²) < 4.78 is 25.0. The number of hydrogen-bond donors (Lipinski definition) is 2. The van der Waals surface area contributed by atoms with E-state index in [9.17, 15) is 13.2 Å². The van der Waals surface area contributed by atoms with Gasteiger partial charge in [-0.15, -0.1) is 0 Å². The first kappa shape index (κ1) is 12.7. The maximum Gasteiger partial charge on any atom is 0.232 e. The standard InChI is InChI=1S/C10H13N2O3S/c1-2-16(14,15)12-9-5-3-4-8(6-9)10(11)7-13/h3-6,10,12H,2,11H2,1H3. The Labute approximate surface area is 94.7 Å². The van der Waals surface area contributed by atoms with E-state index in [4.69, 9.17) is 5.73 Å². The molecule has 0 bridgehead atoms. The summed E-state index contributed by atoms with van der Waals surface area (Å²) in [5.74, 6) is -0.0108. The van der Waals surface area contributed by atoms with E-state index in [0.29, 0.717) is 11.3 Å². The molecule has 0 amide bonds. The van der Waals surface area contributed by atoms with Crippen LogP contribution in [-0.4, -0.2) is 20.5 Å². The van der Waals surface area contributed by atoms with Crippen molar-refractivity contribution in [2.75, 3.05) is 10.5 Å². The van der Waals surface area contributed by atoms with Crippen LogP contribution in [0, 0.1) is 0 Å². The van der Waals surface area contributed by atoms with E-state index >= 15 is 0 Å². The molecule has 0 heterocycles. The minimum atomic E-state index is -3.31. The molecule has 0 aromatic heterocycles. The van der Waals surface area contributed by atoms with Crippen LogP contribution in [0.25, 0.3) is 0 Å². The van der Waals surface area contributed by atoms with Crippen molar-refractivity contribution < 1.29 is 13.2 Å². The Morgan fingerprint density at radius 3 is 2.75 bits per heavy atom. The van der Waals surface area contributed by atoms with Crippen molar-refractivity contribution in [3.63, 3.8) is 0 Å². The third-order valence-corrected chi connectivity index (χ3v) is 3.33. The van der Waals surface area contributed by atoms with Crippen molar-refractivity contribution >= 4 is 22.0 Å². The van der Waals surface area contributed by atoms with E-state index in [1.807, 2.05) is 0 Å². The zero-order valence-electron chi connectivity index (χ0n) is 8.80. The quantitative estimate of drug-likeness (QED) is 0.788. The third-order valence-electron chi connectivity index (χ3n) is 2.03. The van der Waals surface area contributed by atoms with Crippen LogP contribution in [0.4, 0.5) is 5.69 Å². The summed E-state index contributed by atoms with van der Waals surface area (Å²) in [6, 6.07) is 5.52. The van der Waals surface area contributed by atoms with E-state index in [1.165, 1.54) is 13.0 Å². The lowest BCUT2D eigenvalue weighted by atomic mass is 10.1. The summed E-state index contributed by atoms with van der Waals surface area (Å²) >= 11 is 0. The highest BCUT2D eigenvalue weighted by Crippen LogP contribution is 2.16. The molecule has 1 aromatic carbocycles. The Morgan fingerprint density at radius 1 is 1.50 bits per heavy atom. The highest BCUT2D eigenvalue weighted by molar-refractivity contribution is 7.92. The van der Waals surface area contributed by atoms with Crippen LogP contribution in [0.2, 0.25) is 0 Å². The average molecular weight is 241 g/mol. The van der Waals surface area contributed by atoms with E-state index in [2.05, 4.69) is 4.72 Å². The van der Waals surface area contributed by atoms with Gasteiger partial charge in [0.2, 0.25) is 16.3 Å². The number of rotatable bonds is 5. The predicted molar refractivity (Wildman–Crippen MR) is 62.1 cm³/mol. The largest absolute Gasteiger partial charge is 0.317 e. The van der Waals surface area contributed by atoms with Gasteiger partial charge in [-0.25, -0.2) is 8.42 Å². The Hall–Kier alpha value is -1.40. The van der Waals surface area contributed by atoms with Crippen LogP contribution in [0.15, 0.2) is 24.3 Å². The molecular weight excluding hydrogens is 228 g/mol. The molecule has 1 unspecified atom stereocenters. The molecule has 1 atom stereocenters. The molecule has 1 rings (SSSR count). The van der Waals surface area contributed by atoms with Crippen molar-refractivity contribution in [1.29, 1.82) is 0 Å². The summed E-state index contributed by atoms with van der Waals surface area (Å²) in [6.07, 6.45) is 1.64. The number of anilines is 1. The van der Waals surface area contributed by atoms with Crippen LogP contribution in [0.5, 0.6) is 0 Å².